The minimum atomic E-state index is 0.304. The molecular formula is C11H22ClNO3. The van der Waals surface area contributed by atoms with Crippen molar-refractivity contribution < 1.29 is 14.2 Å². The first-order chi connectivity index (χ1) is 7.77. The summed E-state index contributed by atoms with van der Waals surface area (Å²) in [4.78, 5) is 0. The summed E-state index contributed by atoms with van der Waals surface area (Å²) in [5.74, 6) is 0.748. The highest BCUT2D eigenvalue weighted by Gasteiger charge is 1.93. The summed E-state index contributed by atoms with van der Waals surface area (Å²) in [6.07, 6.45) is 4.50. The first kappa shape index (κ1) is 15.7. The Balaban J connectivity index is 2.90. The van der Waals surface area contributed by atoms with Crippen LogP contribution in [0.2, 0.25) is 0 Å². The maximum atomic E-state index is 10.4. The molecule has 0 unspecified atom stereocenters. The van der Waals surface area contributed by atoms with Crippen LogP contribution in [0.3, 0.4) is 0 Å². The van der Waals surface area contributed by atoms with Crippen LogP contribution >= 0.6 is 11.6 Å². The number of rotatable bonds is 12. The van der Waals surface area contributed by atoms with Gasteiger partial charge in [-0.2, -0.15) is 0 Å². The molecule has 0 aromatic carbocycles. The van der Waals surface area contributed by atoms with Crippen molar-refractivity contribution in [3.8, 4) is 0 Å². The molecule has 5 heteroatoms. The zero-order chi connectivity index (χ0) is 12.1. The quantitative estimate of drug-likeness (QED) is 0.133. The SMILES string of the molecule is C=[N+]([O-])CCOCCOCCCCCCCl. The van der Waals surface area contributed by atoms with E-state index in [0.29, 0.717) is 31.1 Å². The van der Waals surface area contributed by atoms with Gasteiger partial charge in [-0.1, -0.05) is 12.8 Å². The number of ether oxygens (including phenoxy) is 2. The standard InChI is InChI=1S/C11H22ClNO3/c1-13(14)7-9-16-11-10-15-8-5-3-2-4-6-12/h1-11H2. The molecule has 0 spiro atoms. The van der Waals surface area contributed by atoms with Crippen LogP contribution in [0.15, 0.2) is 0 Å². The number of hydrogen-bond acceptors (Lipinski definition) is 3. The van der Waals surface area contributed by atoms with Gasteiger partial charge in [0.25, 0.3) is 0 Å². The number of halogens is 1. The van der Waals surface area contributed by atoms with Gasteiger partial charge in [0.1, 0.15) is 13.3 Å². The highest BCUT2D eigenvalue weighted by atomic mass is 35.5. The Morgan fingerprint density at radius 3 is 2.19 bits per heavy atom. The molecule has 96 valence electrons. The second-order valence-corrected chi connectivity index (χ2v) is 3.91. The number of alkyl halides is 1. The van der Waals surface area contributed by atoms with Crippen LogP contribution in [-0.4, -0.2) is 50.3 Å². The summed E-state index contributed by atoms with van der Waals surface area (Å²) in [5, 5.41) is 10.4. The van der Waals surface area contributed by atoms with Crippen molar-refractivity contribution in [3.05, 3.63) is 5.21 Å². The lowest BCUT2D eigenvalue weighted by Crippen LogP contribution is -2.13. The topological polar surface area (TPSA) is 44.5 Å². The Bertz CT molecular complexity index is 167. The van der Waals surface area contributed by atoms with E-state index < -0.39 is 0 Å². The summed E-state index contributed by atoms with van der Waals surface area (Å²) in [6, 6.07) is 0. The fourth-order valence-electron chi connectivity index (χ4n) is 1.14. The second kappa shape index (κ2) is 12.7. The maximum Gasteiger partial charge on any atom is 0.175 e. The lowest BCUT2D eigenvalue weighted by Gasteiger charge is -2.05. The first-order valence-corrected chi connectivity index (χ1v) is 6.27. The molecule has 4 nitrogen and oxygen atoms in total. The third-order valence-corrected chi connectivity index (χ3v) is 2.30. The summed E-state index contributed by atoms with van der Waals surface area (Å²) in [5.41, 5.74) is 0. The number of nitrogens with zero attached hydrogens (tertiary/aromatic N) is 1. The minimum absolute atomic E-state index is 0.304. The maximum absolute atomic E-state index is 10.4. The zero-order valence-electron chi connectivity index (χ0n) is 9.83. The van der Waals surface area contributed by atoms with Crippen LogP contribution < -0.4 is 0 Å². The van der Waals surface area contributed by atoms with E-state index in [9.17, 15) is 5.21 Å². The van der Waals surface area contributed by atoms with Crippen molar-refractivity contribution in [2.45, 2.75) is 25.7 Å². The molecule has 0 aliphatic heterocycles. The Morgan fingerprint density at radius 2 is 1.56 bits per heavy atom. The van der Waals surface area contributed by atoms with Crippen LogP contribution in [-0.2, 0) is 9.47 Å². The van der Waals surface area contributed by atoms with Gasteiger partial charge in [0.2, 0.25) is 0 Å². The van der Waals surface area contributed by atoms with Gasteiger partial charge in [0.05, 0.1) is 13.2 Å². The average molecular weight is 252 g/mol. The Hall–Kier alpha value is -0.320. The average Bonchev–Trinajstić information content (AvgIpc) is 2.25. The highest BCUT2D eigenvalue weighted by molar-refractivity contribution is 6.17. The lowest BCUT2D eigenvalue weighted by molar-refractivity contribution is -0.452. The van der Waals surface area contributed by atoms with E-state index in [-0.39, 0.29) is 0 Å². The number of hydrogen-bond donors (Lipinski definition) is 0. The molecule has 16 heavy (non-hydrogen) atoms. The van der Waals surface area contributed by atoms with E-state index in [1.165, 1.54) is 12.8 Å². The summed E-state index contributed by atoms with van der Waals surface area (Å²) < 4.78 is 11.1. The second-order valence-electron chi connectivity index (χ2n) is 3.53. The summed E-state index contributed by atoms with van der Waals surface area (Å²) >= 11 is 5.56. The molecule has 0 heterocycles. The van der Waals surface area contributed by atoms with Crippen molar-refractivity contribution >= 4 is 18.3 Å². The van der Waals surface area contributed by atoms with Gasteiger partial charge in [0.15, 0.2) is 6.54 Å². The fourth-order valence-corrected chi connectivity index (χ4v) is 1.33. The van der Waals surface area contributed by atoms with Gasteiger partial charge in [-0.3, -0.25) is 0 Å². The van der Waals surface area contributed by atoms with E-state index in [1.807, 2.05) is 0 Å². The third kappa shape index (κ3) is 13.7. The molecule has 0 aromatic heterocycles. The Labute approximate surface area is 103 Å². The van der Waals surface area contributed by atoms with E-state index in [1.54, 1.807) is 0 Å². The van der Waals surface area contributed by atoms with E-state index in [0.717, 1.165) is 25.3 Å². The van der Waals surface area contributed by atoms with Gasteiger partial charge >= 0.3 is 0 Å². The molecule has 0 N–H and O–H groups in total. The molecule has 0 aliphatic carbocycles. The molecule has 0 aliphatic rings. The van der Waals surface area contributed by atoms with Gasteiger partial charge in [-0.25, -0.2) is 4.74 Å². The van der Waals surface area contributed by atoms with Crippen molar-refractivity contribution in [3.63, 3.8) is 0 Å². The molecule has 0 aromatic rings. The van der Waals surface area contributed by atoms with Crippen LogP contribution in [0.1, 0.15) is 25.7 Å². The van der Waals surface area contributed by atoms with Gasteiger partial charge in [-0.05, 0) is 12.8 Å². The number of unbranched alkanes of at least 4 members (excludes halogenated alkanes) is 3. The van der Waals surface area contributed by atoms with Gasteiger partial charge in [0, 0.05) is 12.5 Å². The molecule has 0 bridgehead atoms. The van der Waals surface area contributed by atoms with Gasteiger partial charge in [-0.15, -0.1) is 11.6 Å². The van der Waals surface area contributed by atoms with Crippen molar-refractivity contribution in [2.24, 2.45) is 0 Å². The Kier molecular flexibility index (Phi) is 12.5. The molecule has 0 saturated heterocycles. The zero-order valence-corrected chi connectivity index (χ0v) is 10.6. The molecule has 0 amide bonds. The normalized spacial score (nSPS) is 10.6. The number of hydroxylamine groups is 1. The van der Waals surface area contributed by atoms with E-state index in [2.05, 4.69) is 6.72 Å². The largest absolute Gasteiger partial charge is 0.624 e. The van der Waals surface area contributed by atoms with Crippen LogP contribution in [0.4, 0.5) is 0 Å². The fraction of sp³-hybridized carbons (Fsp3) is 0.909. The van der Waals surface area contributed by atoms with Gasteiger partial charge < -0.3 is 14.7 Å². The molecular weight excluding hydrogens is 230 g/mol. The summed E-state index contributed by atoms with van der Waals surface area (Å²) in [7, 11) is 0. The third-order valence-electron chi connectivity index (χ3n) is 2.03. The van der Waals surface area contributed by atoms with Crippen LogP contribution in [0.5, 0.6) is 0 Å². The van der Waals surface area contributed by atoms with Crippen LogP contribution in [0, 0.1) is 5.21 Å². The summed E-state index contributed by atoms with van der Waals surface area (Å²) in [6.45, 7) is 5.79. The van der Waals surface area contributed by atoms with Crippen LogP contribution in [0.25, 0.3) is 0 Å². The Morgan fingerprint density at radius 1 is 0.938 bits per heavy atom. The van der Waals surface area contributed by atoms with E-state index in [4.69, 9.17) is 21.1 Å². The van der Waals surface area contributed by atoms with Crippen molar-refractivity contribution in [1.82, 2.24) is 0 Å². The minimum Gasteiger partial charge on any atom is -0.624 e. The van der Waals surface area contributed by atoms with E-state index >= 15 is 0 Å². The molecule has 0 fully saturated rings. The monoisotopic (exact) mass is 251 g/mol. The highest BCUT2D eigenvalue weighted by Crippen LogP contribution is 2.00. The van der Waals surface area contributed by atoms with Crippen molar-refractivity contribution in [2.75, 3.05) is 38.9 Å². The lowest BCUT2D eigenvalue weighted by atomic mass is 10.2. The predicted octanol–water partition coefficient (Wildman–Crippen LogP) is 2.03. The molecule has 0 rings (SSSR count). The smallest absolute Gasteiger partial charge is 0.175 e. The molecule has 0 saturated carbocycles. The predicted molar refractivity (Wildman–Crippen MR) is 66.4 cm³/mol. The first-order valence-electron chi connectivity index (χ1n) is 5.74. The molecule has 0 radical (unpaired) electrons. The van der Waals surface area contributed by atoms with Crippen molar-refractivity contribution in [1.29, 1.82) is 0 Å². The molecule has 0 atom stereocenters.